The summed E-state index contributed by atoms with van der Waals surface area (Å²) >= 11 is 5.63. The van der Waals surface area contributed by atoms with Gasteiger partial charge >= 0.3 is 5.97 Å². The van der Waals surface area contributed by atoms with Crippen LogP contribution in [0.3, 0.4) is 0 Å². The molecule has 8 heteroatoms. The Morgan fingerprint density at radius 3 is 2.60 bits per heavy atom. The maximum atomic E-state index is 13.6. The van der Waals surface area contributed by atoms with Gasteiger partial charge in [-0.05, 0) is 36.4 Å². The van der Waals surface area contributed by atoms with E-state index >= 15 is 0 Å². The van der Waals surface area contributed by atoms with Crippen LogP contribution in [0.4, 0.5) is 10.1 Å². The number of nitrogens with zero attached hydrogens (tertiary/aromatic N) is 2. The fourth-order valence-corrected chi connectivity index (χ4v) is 2.24. The number of carbonyl (C=O) groups excluding carboxylic acids is 2. The van der Waals surface area contributed by atoms with Gasteiger partial charge in [-0.15, -0.1) is 0 Å². The second-order valence-corrected chi connectivity index (χ2v) is 5.44. The third-order valence-corrected chi connectivity index (χ3v) is 3.48. The van der Waals surface area contributed by atoms with Crippen molar-refractivity contribution < 1.29 is 18.7 Å². The molecule has 0 radical (unpaired) electrons. The van der Waals surface area contributed by atoms with Gasteiger partial charge < -0.3 is 10.1 Å². The SMILES string of the molecule is O=C(COC(=O)c1ccc2nccnc2c1)Nc1ccc(Cl)cc1F. The average Bonchev–Trinajstić information content (AvgIpc) is 2.61. The molecule has 1 aromatic heterocycles. The first-order valence-electron chi connectivity index (χ1n) is 7.16. The molecular weight excluding hydrogens is 349 g/mol. The van der Waals surface area contributed by atoms with E-state index in [0.717, 1.165) is 6.07 Å². The minimum Gasteiger partial charge on any atom is -0.452 e. The molecule has 0 saturated heterocycles. The molecule has 0 bridgehead atoms. The molecule has 0 fully saturated rings. The summed E-state index contributed by atoms with van der Waals surface area (Å²) in [7, 11) is 0. The van der Waals surface area contributed by atoms with Gasteiger partial charge in [0.15, 0.2) is 6.61 Å². The summed E-state index contributed by atoms with van der Waals surface area (Å²) in [5, 5.41) is 2.51. The molecule has 0 aliphatic carbocycles. The monoisotopic (exact) mass is 359 g/mol. The molecular formula is C17H11ClFN3O3. The number of ether oxygens (including phenoxy) is 1. The summed E-state index contributed by atoms with van der Waals surface area (Å²) in [4.78, 5) is 32.0. The van der Waals surface area contributed by atoms with Crippen LogP contribution < -0.4 is 5.32 Å². The molecule has 0 saturated carbocycles. The largest absolute Gasteiger partial charge is 0.452 e. The Labute approximate surface area is 146 Å². The lowest BCUT2D eigenvalue weighted by Crippen LogP contribution is -2.21. The average molecular weight is 360 g/mol. The lowest BCUT2D eigenvalue weighted by atomic mass is 10.2. The first-order valence-corrected chi connectivity index (χ1v) is 7.53. The van der Waals surface area contributed by atoms with Crippen LogP contribution >= 0.6 is 11.6 Å². The third kappa shape index (κ3) is 4.07. The molecule has 126 valence electrons. The molecule has 3 aromatic rings. The van der Waals surface area contributed by atoms with E-state index in [0.29, 0.717) is 11.0 Å². The van der Waals surface area contributed by atoms with Crippen molar-refractivity contribution in [3.8, 4) is 0 Å². The number of hydrogen-bond acceptors (Lipinski definition) is 5. The number of amides is 1. The molecule has 0 spiro atoms. The zero-order chi connectivity index (χ0) is 17.8. The number of halogens is 2. The van der Waals surface area contributed by atoms with Gasteiger partial charge in [-0.1, -0.05) is 11.6 Å². The second kappa shape index (κ2) is 7.23. The number of esters is 1. The Morgan fingerprint density at radius 1 is 1.08 bits per heavy atom. The van der Waals surface area contributed by atoms with Crippen molar-refractivity contribution in [3.63, 3.8) is 0 Å². The molecule has 0 aliphatic rings. The van der Waals surface area contributed by atoms with Gasteiger partial charge in [-0.2, -0.15) is 0 Å². The van der Waals surface area contributed by atoms with Crippen molar-refractivity contribution in [2.75, 3.05) is 11.9 Å². The highest BCUT2D eigenvalue weighted by atomic mass is 35.5. The predicted molar refractivity (Wildman–Crippen MR) is 89.9 cm³/mol. The Kier molecular flexibility index (Phi) is 4.85. The number of anilines is 1. The number of benzene rings is 2. The van der Waals surface area contributed by atoms with E-state index in [-0.39, 0.29) is 16.3 Å². The maximum absolute atomic E-state index is 13.6. The van der Waals surface area contributed by atoms with E-state index in [2.05, 4.69) is 15.3 Å². The normalized spacial score (nSPS) is 10.5. The molecule has 1 N–H and O–H groups in total. The van der Waals surface area contributed by atoms with Gasteiger partial charge in [-0.3, -0.25) is 14.8 Å². The third-order valence-electron chi connectivity index (χ3n) is 3.24. The van der Waals surface area contributed by atoms with E-state index in [1.165, 1.54) is 30.5 Å². The Hall–Kier alpha value is -3.06. The summed E-state index contributed by atoms with van der Waals surface area (Å²) in [6.45, 7) is -0.556. The van der Waals surface area contributed by atoms with E-state index in [9.17, 15) is 14.0 Å². The molecule has 1 heterocycles. The van der Waals surface area contributed by atoms with Gasteiger partial charge in [0.2, 0.25) is 0 Å². The number of carbonyl (C=O) groups is 2. The van der Waals surface area contributed by atoms with E-state index in [4.69, 9.17) is 16.3 Å². The zero-order valence-corrected chi connectivity index (χ0v) is 13.5. The fraction of sp³-hybridized carbons (Fsp3) is 0.0588. The van der Waals surface area contributed by atoms with E-state index in [1.807, 2.05) is 0 Å². The zero-order valence-electron chi connectivity index (χ0n) is 12.7. The minimum atomic E-state index is -0.695. The van der Waals surface area contributed by atoms with Gasteiger partial charge in [0.05, 0.1) is 22.3 Å². The van der Waals surface area contributed by atoms with Crippen LogP contribution in [0.2, 0.25) is 5.02 Å². The minimum absolute atomic E-state index is 0.0496. The number of hydrogen-bond donors (Lipinski definition) is 1. The lowest BCUT2D eigenvalue weighted by molar-refractivity contribution is -0.119. The Balaban J connectivity index is 1.61. The van der Waals surface area contributed by atoms with Crippen molar-refractivity contribution in [3.05, 3.63) is 65.2 Å². The highest BCUT2D eigenvalue weighted by Crippen LogP contribution is 2.18. The van der Waals surface area contributed by atoms with Gasteiger partial charge in [0.25, 0.3) is 5.91 Å². The fourth-order valence-electron chi connectivity index (χ4n) is 2.08. The van der Waals surface area contributed by atoms with Crippen LogP contribution in [0.15, 0.2) is 48.8 Å². The summed E-state index contributed by atoms with van der Waals surface area (Å²) < 4.78 is 18.5. The molecule has 2 aromatic carbocycles. The van der Waals surface area contributed by atoms with Gasteiger partial charge in [0.1, 0.15) is 5.82 Å². The van der Waals surface area contributed by atoms with E-state index in [1.54, 1.807) is 12.3 Å². The van der Waals surface area contributed by atoms with Crippen molar-refractivity contribution >= 4 is 40.2 Å². The quantitative estimate of drug-likeness (QED) is 0.723. The first kappa shape index (κ1) is 16.8. The number of nitrogens with one attached hydrogen (secondary N) is 1. The lowest BCUT2D eigenvalue weighted by Gasteiger charge is -2.08. The molecule has 0 aliphatic heterocycles. The van der Waals surface area contributed by atoms with Crippen molar-refractivity contribution in [2.45, 2.75) is 0 Å². The number of rotatable bonds is 4. The molecule has 25 heavy (non-hydrogen) atoms. The molecule has 3 rings (SSSR count). The molecule has 1 amide bonds. The van der Waals surface area contributed by atoms with Crippen LogP contribution in [-0.4, -0.2) is 28.5 Å². The van der Waals surface area contributed by atoms with Crippen LogP contribution in [0.5, 0.6) is 0 Å². The Morgan fingerprint density at radius 2 is 1.84 bits per heavy atom. The van der Waals surface area contributed by atoms with Crippen LogP contribution in [0, 0.1) is 5.82 Å². The summed E-state index contributed by atoms with van der Waals surface area (Å²) in [5.74, 6) is -2.05. The molecule has 0 unspecified atom stereocenters. The van der Waals surface area contributed by atoms with Gasteiger partial charge in [-0.25, -0.2) is 9.18 Å². The maximum Gasteiger partial charge on any atom is 0.338 e. The summed E-state index contributed by atoms with van der Waals surface area (Å²) in [6.07, 6.45) is 3.05. The van der Waals surface area contributed by atoms with Gasteiger partial charge in [0, 0.05) is 17.4 Å². The first-order chi connectivity index (χ1) is 12.0. The Bertz CT molecular complexity index is 965. The second-order valence-electron chi connectivity index (χ2n) is 5.01. The molecule has 6 nitrogen and oxygen atoms in total. The summed E-state index contributed by atoms with van der Waals surface area (Å²) in [6, 6.07) is 8.49. The smallest absolute Gasteiger partial charge is 0.338 e. The topological polar surface area (TPSA) is 81.2 Å². The van der Waals surface area contributed by atoms with Crippen LogP contribution in [0.25, 0.3) is 11.0 Å². The number of fused-ring (bicyclic) bond motifs is 1. The predicted octanol–water partition coefficient (Wildman–Crippen LogP) is 3.22. The van der Waals surface area contributed by atoms with Crippen LogP contribution in [-0.2, 0) is 9.53 Å². The summed E-state index contributed by atoms with van der Waals surface area (Å²) in [5.41, 5.74) is 1.35. The molecule has 0 atom stereocenters. The van der Waals surface area contributed by atoms with E-state index < -0.39 is 24.3 Å². The highest BCUT2D eigenvalue weighted by molar-refractivity contribution is 6.30. The highest BCUT2D eigenvalue weighted by Gasteiger charge is 2.13. The standard InChI is InChI=1S/C17H11ClFN3O3/c18-11-2-4-13(12(19)8-11)22-16(23)9-25-17(24)10-1-3-14-15(7-10)21-6-5-20-14/h1-8H,9H2,(H,22,23). The van der Waals surface area contributed by atoms with Crippen molar-refractivity contribution in [1.29, 1.82) is 0 Å². The van der Waals surface area contributed by atoms with Crippen molar-refractivity contribution in [1.82, 2.24) is 9.97 Å². The number of aromatic nitrogens is 2. The van der Waals surface area contributed by atoms with Crippen LogP contribution in [0.1, 0.15) is 10.4 Å². The van der Waals surface area contributed by atoms with Crippen molar-refractivity contribution in [2.24, 2.45) is 0 Å².